The smallest absolute Gasteiger partial charge is 0.326 e. The summed E-state index contributed by atoms with van der Waals surface area (Å²) < 4.78 is 1.52. The van der Waals surface area contributed by atoms with E-state index >= 15 is 0 Å². The molecule has 0 aromatic carbocycles. The van der Waals surface area contributed by atoms with E-state index < -0.39 is 17.9 Å². The number of imidazole rings is 2. The largest absolute Gasteiger partial charge is 0.480 e. The third-order valence-corrected chi connectivity index (χ3v) is 2.63. The zero-order chi connectivity index (χ0) is 13.8. The zero-order valence-electron chi connectivity index (χ0n) is 10.2. The molecule has 2 aromatic rings. The first-order chi connectivity index (χ1) is 9.08. The number of aryl methyl sites for hydroxylation is 1. The van der Waals surface area contributed by atoms with E-state index in [1.54, 1.807) is 7.05 Å². The van der Waals surface area contributed by atoms with Gasteiger partial charge in [0.05, 0.1) is 18.9 Å². The average molecular weight is 263 g/mol. The van der Waals surface area contributed by atoms with Crippen molar-refractivity contribution < 1.29 is 14.7 Å². The van der Waals surface area contributed by atoms with Gasteiger partial charge in [-0.2, -0.15) is 0 Å². The number of carbonyl (C=O) groups is 2. The lowest BCUT2D eigenvalue weighted by Gasteiger charge is -2.13. The van der Waals surface area contributed by atoms with Crippen molar-refractivity contribution >= 4 is 11.9 Å². The van der Waals surface area contributed by atoms with Gasteiger partial charge in [-0.25, -0.2) is 14.8 Å². The molecule has 0 fully saturated rings. The number of amides is 1. The van der Waals surface area contributed by atoms with Crippen LogP contribution < -0.4 is 5.32 Å². The van der Waals surface area contributed by atoms with Gasteiger partial charge in [0, 0.05) is 25.4 Å². The third-order valence-electron chi connectivity index (χ3n) is 2.63. The van der Waals surface area contributed by atoms with Crippen molar-refractivity contribution in [2.24, 2.45) is 7.05 Å². The molecule has 1 amide bonds. The van der Waals surface area contributed by atoms with E-state index in [9.17, 15) is 9.59 Å². The van der Waals surface area contributed by atoms with Gasteiger partial charge in [0.25, 0.3) is 5.91 Å². The molecule has 0 saturated carbocycles. The molecule has 100 valence electrons. The standard InChI is InChI=1S/C11H13N5O3/c1-16-6-13-4-9(16)10(17)15-8(11(18)19)2-7-3-12-5-14-7/h3-6,8H,2H2,1H3,(H,12,14)(H,15,17)(H,18,19). The predicted molar refractivity (Wildman–Crippen MR) is 64.4 cm³/mol. The summed E-state index contributed by atoms with van der Waals surface area (Å²) in [5.74, 6) is -1.59. The molecule has 0 spiro atoms. The maximum absolute atomic E-state index is 11.9. The van der Waals surface area contributed by atoms with Gasteiger partial charge in [0.2, 0.25) is 0 Å². The number of carboxylic acid groups (broad SMARTS) is 1. The van der Waals surface area contributed by atoms with E-state index in [1.165, 1.54) is 29.6 Å². The van der Waals surface area contributed by atoms with Crippen LogP contribution in [-0.2, 0) is 18.3 Å². The van der Waals surface area contributed by atoms with Crippen LogP contribution in [0.15, 0.2) is 25.0 Å². The topological polar surface area (TPSA) is 113 Å². The number of carbonyl (C=O) groups excluding carboxylic acids is 1. The molecular formula is C11H13N5O3. The number of hydrogen-bond acceptors (Lipinski definition) is 4. The number of carboxylic acids is 1. The van der Waals surface area contributed by atoms with Crippen LogP contribution in [-0.4, -0.2) is 42.5 Å². The molecule has 0 aliphatic heterocycles. The van der Waals surface area contributed by atoms with E-state index in [4.69, 9.17) is 5.11 Å². The number of nitrogens with one attached hydrogen (secondary N) is 2. The second-order valence-electron chi connectivity index (χ2n) is 4.04. The summed E-state index contributed by atoms with van der Waals surface area (Å²) in [6, 6.07) is -1.03. The Morgan fingerprint density at radius 3 is 2.79 bits per heavy atom. The Bertz CT molecular complexity index is 575. The quantitative estimate of drug-likeness (QED) is 0.677. The summed E-state index contributed by atoms with van der Waals surface area (Å²) in [5, 5.41) is 11.6. The van der Waals surface area contributed by atoms with Crippen molar-refractivity contribution in [2.75, 3.05) is 0 Å². The van der Waals surface area contributed by atoms with Gasteiger partial charge < -0.3 is 20.0 Å². The van der Waals surface area contributed by atoms with Crippen LogP contribution >= 0.6 is 0 Å². The number of aliphatic carboxylic acids is 1. The minimum absolute atomic E-state index is 0.138. The monoisotopic (exact) mass is 263 g/mol. The number of aromatic amines is 1. The lowest BCUT2D eigenvalue weighted by Crippen LogP contribution is -2.42. The Morgan fingerprint density at radius 2 is 2.26 bits per heavy atom. The van der Waals surface area contributed by atoms with E-state index in [0.717, 1.165) is 0 Å². The summed E-state index contributed by atoms with van der Waals surface area (Å²) in [4.78, 5) is 33.5. The van der Waals surface area contributed by atoms with Gasteiger partial charge in [-0.3, -0.25) is 4.79 Å². The molecule has 0 aliphatic rings. The second-order valence-corrected chi connectivity index (χ2v) is 4.04. The highest BCUT2D eigenvalue weighted by molar-refractivity contribution is 5.95. The van der Waals surface area contributed by atoms with Crippen LogP contribution in [0.1, 0.15) is 16.2 Å². The van der Waals surface area contributed by atoms with Gasteiger partial charge in [-0.05, 0) is 0 Å². The molecule has 19 heavy (non-hydrogen) atoms. The van der Waals surface area contributed by atoms with Crippen LogP contribution in [0.25, 0.3) is 0 Å². The first-order valence-corrected chi connectivity index (χ1v) is 5.55. The van der Waals surface area contributed by atoms with Gasteiger partial charge in [0.1, 0.15) is 11.7 Å². The van der Waals surface area contributed by atoms with Crippen LogP contribution in [0.3, 0.4) is 0 Å². The van der Waals surface area contributed by atoms with Crippen molar-refractivity contribution in [2.45, 2.75) is 12.5 Å². The Labute approximate surface area is 108 Å². The van der Waals surface area contributed by atoms with Crippen molar-refractivity contribution in [3.63, 3.8) is 0 Å². The Morgan fingerprint density at radius 1 is 1.47 bits per heavy atom. The lowest BCUT2D eigenvalue weighted by atomic mass is 10.1. The Balaban J connectivity index is 2.07. The fourth-order valence-corrected chi connectivity index (χ4v) is 1.62. The third kappa shape index (κ3) is 2.97. The highest BCUT2D eigenvalue weighted by Gasteiger charge is 2.22. The lowest BCUT2D eigenvalue weighted by molar-refractivity contribution is -0.139. The summed E-state index contributed by atoms with van der Waals surface area (Å²) >= 11 is 0. The molecule has 2 aromatic heterocycles. The minimum atomic E-state index is -1.11. The summed E-state index contributed by atoms with van der Waals surface area (Å²) in [6.07, 6.45) is 5.96. The summed E-state index contributed by atoms with van der Waals surface area (Å²) in [7, 11) is 1.66. The molecule has 1 unspecified atom stereocenters. The molecule has 3 N–H and O–H groups in total. The number of H-pyrrole nitrogens is 1. The molecule has 8 nitrogen and oxygen atoms in total. The maximum Gasteiger partial charge on any atom is 0.326 e. The van der Waals surface area contributed by atoms with Crippen molar-refractivity contribution in [1.82, 2.24) is 24.8 Å². The molecule has 0 saturated heterocycles. The highest BCUT2D eigenvalue weighted by Crippen LogP contribution is 2.02. The molecule has 0 bridgehead atoms. The average Bonchev–Trinajstić information content (AvgIpc) is 2.99. The summed E-state index contributed by atoms with van der Waals surface area (Å²) in [5.41, 5.74) is 0.938. The van der Waals surface area contributed by atoms with E-state index in [1.807, 2.05) is 0 Å². The fourth-order valence-electron chi connectivity index (χ4n) is 1.62. The highest BCUT2D eigenvalue weighted by atomic mass is 16.4. The molecule has 8 heteroatoms. The normalized spacial score (nSPS) is 12.1. The van der Waals surface area contributed by atoms with Crippen molar-refractivity contribution in [3.8, 4) is 0 Å². The molecule has 0 aliphatic carbocycles. The molecule has 2 heterocycles. The van der Waals surface area contributed by atoms with Crippen LogP contribution in [0.4, 0.5) is 0 Å². The van der Waals surface area contributed by atoms with Crippen molar-refractivity contribution in [1.29, 1.82) is 0 Å². The minimum Gasteiger partial charge on any atom is -0.480 e. The molecule has 2 rings (SSSR count). The zero-order valence-corrected chi connectivity index (χ0v) is 10.2. The van der Waals surface area contributed by atoms with Gasteiger partial charge in [0.15, 0.2) is 0 Å². The number of rotatable bonds is 5. The van der Waals surface area contributed by atoms with E-state index in [2.05, 4.69) is 20.3 Å². The van der Waals surface area contributed by atoms with Crippen molar-refractivity contribution in [3.05, 3.63) is 36.4 Å². The first kappa shape index (κ1) is 12.8. The SMILES string of the molecule is Cn1cncc1C(=O)NC(Cc1cnc[nH]1)C(=O)O. The summed E-state index contributed by atoms with van der Waals surface area (Å²) in [6.45, 7) is 0. The molecular weight excluding hydrogens is 250 g/mol. The first-order valence-electron chi connectivity index (χ1n) is 5.55. The number of aromatic nitrogens is 4. The number of nitrogens with zero attached hydrogens (tertiary/aromatic N) is 3. The number of hydrogen-bond donors (Lipinski definition) is 3. The van der Waals surface area contributed by atoms with Crippen LogP contribution in [0.5, 0.6) is 0 Å². The second kappa shape index (κ2) is 5.34. The molecule has 0 radical (unpaired) electrons. The fraction of sp³-hybridized carbons (Fsp3) is 0.273. The Hall–Kier alpha value is -2.64. The van der Waals surface area contributed by atoms with Gasteiger partial charge in [-0.15, -0.1) is 0 Å². The van der Waals surface area contributed by atoms with Crippen LogP contribution in [0.2, 0.25) is 0 Å². The predicted octanol–water partition coefficient (Wildman–Crippen LogP) is -0.431. The molecule has 1 atom stereocenters. The van der Waals surface area contributed by atoms with E-state index in [0.29, 0.717) is 11.4 Å². The van der Waals surface area contributed by atoms with Gasteiger partial charge in [-0.1, -0.05) is 0 Å². The maximum atomic E-state index is 11.9. The van der Waals surface area contributed by atoms with Crippen LogP contribution in [0, 0.1) is 0 Å². The van der Waals surface area contributed by atoms with Gasteiger partial charge >= 0.3 is 5.97 Å². The van der Waals surface area contributed by atoms with E-state index in [-0.39, 0.29) is 6.42 Å². The Kier molecular flexibility index (Phi) is 3.60.